The molecule has 7 nitrogen and oxygen atoms in total. The van der Waals surface area contributed by atoms with Gasteiger partial charge in [0.2, 0.25) is 5.95 Å². The molecule has 1 aliphatic rings. The van der Waals surface area contributed by atoms with Gasteiger partial charge < -0.3 is 9.64 Å². The number of benzene rings is 1. The molecule has 1 atom stereocenters. The summed E-state index contributed by atoms with van der Waals surface area (Å²) in [7, 11) is 3.46. The Morgan fingerprint density at radius 1 is 1.38 bits per heavy atom. The minimum absolute atomic E-state index is 0.0404. The zero-order valence-corrected chi connectivity index (χ0v) is 14.3. The third kappa shape index (κ3) is 3.34. The number of aromatic nitrogens is 3. The van der Waals surface area contributed by atoms with Crippen molar-refractivity contribution in [2.45, 2.75) is 32.2 Å². The van der Waals surface area contributed by atoms with Gasteiger partial charge in [-0.2, -0.15) is 4.98 Å². The molecule has 2 amide bonds. The minimum atomic E-state index is -0.159. The van der Waals surface area contributed by atoms with E-state index in [1.807, 2.05) is 36.1 Å². The first kappa shape index (κ1) is 16.3. The number of methoxy groups -OCH3 is 1. The number of urea groups is 1. The van der Waals surface area contributed by atoms with Crippen LogP contribution in [0.5, 0.6) is 5.75 Å². The summed E-state index contributed by atoms with van der Waals surface area (Å²) in [6.45, 7) is 2.57. The van der Waals surface area contributed by atoms with Crippen molar-refractivity contribution in [3.63, 3.8) is 0 Å². The Morgan fingerprint density at radius 3 is 2.92 bits per heavy atom. The van der Waals surface area contributed by atoms with Crippen LogP contribution >= 0.6 is 0 Å². The SMILES string of the molecule is COc1cccc(C2CCCCN2C(=O)Nc2nc(C)n(C)n2)c1. The third-order valence-corrected chi connectivity index (χ3v) is 4.44. The molecule has 0 spiro atoms. The monoisotopic (exact) mass is 329 g/mol. The minimum Gasteiger partial charge on any atom is -0.497 e. The maximum atomic E-state index is 12.7. The van der Waals surface area contributed by atoms with Gasteiger partial charge in [0.25, 0.3) is 0 Å². The van der Waals surface area contributed by atoms with Crippen LogP contribution < -0.4 is 10.1 Å². The highest BCUT2D eigenvalue weighted by atomic mass is 16.5. The summed E-state index contributed by atoms with van der Waals surface area (Å²) >= 11 is 0. The van der Waals surface area contributed by atoms with E-state index < -0.39 is 0 Å². The number of nitrogens with one attached hydrogen (secondary N) is 1. The number of piperidine rings is 1. The number of carbonyl (C=O) groups excluding carboxylic acids is 1. The van der Waals surface area contributed by atoms with Crippen molar-refractivity contribution < 1.29 is 9.53 Å². The number of ether oxygens (including phenoxy) is 1. The first-order valence-electron chi connectivity index (χ1n) is 8.17. The smallest absolute Gasteiger partial charge is 0.324 e. The second-order valence-electron chi connectivity index (χ2n) is 6.02. The first-order valence-corrected chi connectivity index (χ1v) is 8.17. The molecule has 1 saturated heterocycles. The van der Waals surface area contributed by atoms with E-state index >= 15 is 0 Å². The predicted molar refractivity (Wildman–Crippen MR) is 91.1 cm³/mol. The lowest BCUT2D eigenvalue weighted by Crippen LogP contribution is -2.41. The molecule has 24 heavy (non-hydrogen) atoms. The lowest BCUT2D eigenvalue weighted by Gasteiger charge is -2.35. The summed E-state index contributed by atoms with van der Waals surface area (Å²) in [5.74, 6) is 1.91. The molecular formula is C17H23N5O2. The van der Waals surface area contributed by atoms with Gasteiger partial charge in [-0.25, -0.2) is 4.79 Å². The normalized spacial score (nSPS) is 17.6. The maximum absolute atomic E-state index is 12.7. The number of aryl methyl sites for hydroxylation is 2. The van der Waals surface area contributed by atoms with Crippen LogP contribution in [0.3, 0.4) is 0 Å². The molecule has 1 aromatic carbocycles. The summed E-state index contributed by atoms with van der Waals surface area (Å²) in [5.41, 5.74) is 1.09. The molecule has 1 fully saturated rings. The van der Waals surface area contributed by atoms with Gasteiger partial charge in [0, 0.05) is 13.6 Å². The topological polar surface area (TPSA) is 72.3 Å². The maximum Gasteiger partial charge on any atom is 0.324 e. The van der Waals surface area contributed by atoms with E-state index in [2.05, 4.69) is 15.4 Å². The molecule has 7 heteroatoms. The van der Waals surface area contributed by atoms with Crippen molar-refractivity contribution in [3.05, 3.63) is 35.7 Å². The Labute approximate surface area is 141 Å². The van der Waals surface area contributed by atoms with E-state index in [9.17, 15) is 4.79 Å². The Bertz CT molecular complexity index is 708. The number of anilines is 1. The number of nitrogens with zero attached hydrogens (tertiary/aromatic N) is 4. The Hall–Kier alpha value is -2.57. The van der Waals surface area contributed by atoms with Crippen molar-refractivity contribution in [1.29, 1.82) is 0 Å². The van der Waals surface area contributed by atoms with Gasteiger partial charge >= 0.3 is 6.03 Å². The molecule has 1 aliphatic heterocycles. The largest absolute Gasteiger partial charge is 0.497 e. The second kappa shape index (κ2) is 6.90. The lowest BCUT2D eigenvalue weighted by atomic mass is 9.95. The van der Waals surface area contributed by atoms with Crippen molar-refractivity contribution in [1.82, 2.24) is 19.7 Å². The van der Waals surface area contributed by atoms with E-state index in [1.54, 1.807) is 18.8 Å². The molecule has 1 unspecified atom stereocenters. The molecule has 0 saturated carbocycles. The van der Waals surface area contributed by atoms with Crippen molar-refractivity contribution in [2.75, 3.05) is 19.0 Å². The fraction of sp³-hybridized carbons (Fsp3) is 0.471. The van der Waals surface area contributed by atoms with Crippen LogP contribution in [0, 0.1) is 6.92 Å². The number of likely N-dealkylation sites (tertiary alicyclic amines) is 1. The summed E-state index contributed by atoms with van der Waals surface area (Å²) in [4.78, 5) is 18.8. The molecule has 0 aliphatic carbocycles. The van der Waals surface area contributed by atoms with Crippen molar-refractivity contribution in [2.24, 2.45) is 7.05 Å². The molecule has 1 N–H and O–H groups in total. The van der Waals surface area contributed by atoms with Crippen molar-refractivity contribution in [3.8, 4) is 5.75 Å². The van der Waals surface area contributed by atoms with Gasteiger partial charge in [0.05, 0.1) is 13.2 Å². The van der Waals surface area contributed by atoms with Gasteiger partial charge in [-0.1, -0.05) is 12.1 Å². The zero-order chi connectivity index (χ0) is 17.1. The van der Waals surface area contributed by atoms with Gasteiger partial charge in [0.1, 0.15) is 11.6 Å². The van der Waals surface area contributed by atoms with E-state index in [0.717, 1.165) is 42.9 Å². The standard InChI is InChI=1S/C17H23N5O2/c1-12-18-16(20-21(12)2)19-17(23)22-10-5-4-9-15(22)13-7-6-8-14(11-13)24-3/h6-8,11,15H,4-5,9-10H2,1-3H3,(H,19,20,23). The first-order chi connectivity index (χ1) is 11.6. The van der Waals surface area contributed by atoms with Crippen LogP contribution in [-0.4, -0.2) is 39.4 Å². The number of hydrogen-bond acceptors (Lipinski definition) is 4. The molecular weight excluding hydrogens is 306 g/mol. The van der Waals surface area contributed by atoms with E-state index in [1.165, 1.54) is 0 Å². The van der Waals surface area contributed by atoms with Crippen LogP contribution in [0.15, 0.2) is 24.3 Å². The highest BCUT2D eigenvalue weighted by Crippen LogP contribution is 2.32. The highest BCUT2D eigenvalue weighted by Gasteiger charge is 2.29. The van der Waals surface area contributed by atoms with E-state index in [0.29, 0.717) is 5.95 Å². The molecule has 2 heterocycles. The van der Waals surface area contributed by atoms with Gasteiger partial charge in [-0.3, -0.25) is 10.00 Å². The number of carbonyl (C=O) groups is 1. The highest BCUT2D eigenvalue weighted by molar-refractivity contribution is 5.87. The number of hydrogen-bond donors (Lipinski definition) is 1. The van der Waals surface area contributed by atoms with Crippen LogP contribution in [0.25, 0.3) is 0 Å². The molecule has 1 aromatic heterocycles. The second-order valence-corrected chi connectivity index (χ2v) is 6.02. The average molecular weight is 329 g/mol. The third-order valence-electron chi connectivity index (χ3n) is 4.44. The Balaban J connectivity index is 1.79. The quantitative estimate of drug-likeness (QED) is 0.940. The van der Waals surface area contributed by atoms with E-state index in [4.69, 9.17) is 4.74 Å². The Kier molecular flexibility index (Phi) is 4.69. The fourth-order valence-corrected chi connectivity index (χ4v) is 3.05. The van der Waals surface area contributed by atoms with Crippen LogP contribution in [-0.2, 0) is 7.05 Å². The number of rotatable bonds is 3. The summed E-state index contributed by atoms with van der Waals surface area (Å²) in [5, 5.41) is 7.01. The fourth-order valence-electron chi connectivity index (χ4n) is 3.05. The molecule has 2 aromatic rings. The summed E-state index contributed by atoms with van der Waals surface area (Å²) in [6, 6.07) is 7.80. The lowest BCUT2D eigenvalue weighted by molar-refractivity contribution is 0.163. The van der Waals surface area contributed by atoms with Gasteiger partial charge in [-0.05, 0) is 43.9 Å². The average Bonchev–Trinajstić information content (AvgIpc) is 2.92. The zero-order valence-electron chi connectivity index (χ0n) is 14.3. The van der Waals surface area contributed by atoms with Gasteiger partial charge in [0.15, 0.2) is 0 Å². The molecule has 128 valence electrons. The molecule has 3 rings (SSSR count). The summed E-state index contributed by atoms with van der Waals surface area (Å²) in [6.07, 6.45) is 3.05. The van der Waals surface area contributed by atoms with E-state index in [-0.39, 0.29) is 12.1 Å². The number of amides is 2. The predicted octanol–water partition coefficient (Wildman–Crippen LogP) is 2.89. The van der Waals surface area contributed by atoms with Gasteiger partial charge in [-0.15, -0.1) is 5.10 Å². The van der Waals surface area contributed by atoms with Crippen molar-refractivity contribution >= 4 is 12.0 Å². The molecule has 0 radical (unpaired) electrons. The van der Waals surface area contributed by atoms with Crippen LogP contribution in [0.4, 0.5) is 10.7 Å². The summed E-state index contributed by atoms with van der Waals surface area (Å²) < 4.78 is 6.96. The Morgan fingerprint density at radius 2 is 2.21 bits per heavy atom. The molecule has 0 bridgehead atoms. The van der Waals surface area contributed by atoms with Crippen LogP contribution in [0.2, 0.25) is 0 Å². The van der Waals surface area contributed by atoms with Crippen LogP contribution in [0.1, 0.15) is 36.7 Å².